The molecule has 0 saturated heterocycles. The molecule has 0 atom stereocenters. The van der Waals surface area contributed by atoms with E-state index in [0.29, 0.717) is 13.1 Å². The van der Waals surface area contributed by atoms with Gasteiger partial charge < -0.3 is 20.9 Å². The topological polar surface area (TPSA) is 68.8 Å². The summed E-state index contributed by atoms with van der Waals surface area (Å²) in [7, 11) is 0. The molecule has 0 aliphatic rings. The first-order valence-electron chi connectivity index (χ1n) is 8.74. The molecule has 0 spiro atoms. The third-order valence-corrected chi connectivity index (χ3v) is 3.49. The molecule has 1 rings (SSSR count). The first kappa shape index (κ1) is 23.5. The van der Waals surface area contributed by atoms with Crippen molar-refractivity contribution in [2.45, 2.75) is 27.2 Å². The number of hydrogen-bond donors (Lipinski definition) is 3. The number of amides is 1. The van der Waals surface area contributed by atoms with E-state index in [1.807, 2.05) is 13.0 Å². The van der Waals surface area contributed by atoms with Crippen molar-refractivity contribution < 1.29 is 4.79 Å². The highest BCUT2D eigenvalue weighted by Crippen LogP contribution is 2.12. The number of nitrogens with zero attached hydrogens (tertiary/aromatic N) is 2. The maximum atomic E-state index is 10.8. The van der Waals surface area contributed by atoms with Gasteiger partial charge in [0.2, 0.25) is 5.91 Å². The Balaban J connectivity index is 0.00000576. The van der Waals surface area contributed by atoms with Crippen molar-refractivity contribution in [3.05, 3.63) is 30.3 Å². The van der Waals surface area contributed by atoms with Gasteiger partial charge in [0.05, 0.1) is 0 Å². The molecule has 0 aliphatic heterocycles. The van der Waals surface area contributed by atoms with Gasteiger partial charge in [-0.15, -0.1) is 24.0 Å². The Hall–Kier alpha value is -1.51. The third kappa shape index (κ3) is 10.9. The molecule has 0 aromatic heterocycles. The fourth-order valence-corrected chi connectivity index (χ4v) is 2.32. The number of anilines is 1. The van der Waals surface area contributed by atoms with E-state index in [-0.39, 0.29) is 29.9 Å². The molecular weight excluding hydrogens is 429 g/mol. The lowest BCUT2D eigenvalue weighted by Gasteiger charge is -2.22. The Bertz CT molecular complexity index is 495. The van der Waals surface area contributed by atoms with Crippen molar-refractivity contribution in [2.24, 2.45) is 4.99 Å². The van der Waals surface area contributed by atoms with Gasteiger partial charge in [0.25, 0.3) is 0 Å². The Kier molecular flexibility index (Phi) is 13.9. The van der Waals surface area contributed by atoms with Crippen molar-refractivity contribution in [1.82, 2.24) is 16.0 Å². The van der Waals surface area contributed by atoms with E-state index >= 15 is 0 Å². The number of guanidine groups is 1. The van der Waals surface area contributed by atoms with Crippen LogP contribution in [0.1, 0.15) is 27.2 Å². The molecule has 1 aromatic carbocycles. The smallest absolute Gasteiger partial charge is 0.216 e. The molecule has 0 saturated carbocycles. The molecule has 1 aromatic rings. The van der Waals surface area contributed by atoms with E-state index in [0.717, 1.165) is 38.6 Å². The van der Waals surface area contributed by atoms with Crippen molar-refractivity contribution in [3.8, 4) is 0 Å². The molecule has 0 heterocycles. The lowest BCUT2D eigenvalue weighted by Crippen LogP contribution is -2.41. The summed E-state index contributed by atoms with van der Waals surface area (Å²) < 4.78 is 0. The summed E-state index contributed by atoms with van der Waals surface area (Å²) in [6.45, 7) is 10.5. The van der Waals surface area contributed by atoms with E-state index in [1.54, 1.807) is 0 Å². The highest BCUT2D eigenvalue weighted by Gasteiger charge is 2.03. The molecule has 3 N–H and O–H groups in total. The highest BCUT2D eigenvalue weighted by atomic mass is 127. The molecule has 0 fully saturated rings. The van der Waals surface area contributed by atoms with Gasteiger partial charge in [-0.2, -0.15) is 0 Å². The summed E-state index contributed by atoms with van der Waals surface area (Å²) in [5, 5.41) is 9.20. The van der Waals surface area contributed by atoms with Crippen LogP contribution in [0.3, 0.4) is 0 Å². The molecule has 142 valence electrons. The summed E-state index contributed by atoms with van der Waals surface area (Å²) in [5.41, 5.74) is 1.25. The van der Waals surface area contributed by atoms with Crippen LogP contribution in [0.15, 0.2) is 35.3 Å². The first-order valence-corrected chi connectivity index (χ1v) is 8.74. The number of aliphatic imine (C=N–C) groups is 1. The quantitative estimate of drug-likeness (QED) is 0.216. The fraction of sp³-hybridized carbons (Fsp3) is 0.556. The Morgan fingerprint density at radius 1 is 1.08 bits per heavy atom. The number of benzene rings is 1. The van der Waals surface area contributed by atoms with Gasteiger partial charge in [0.1, 0.15) is 0 Å². The third-order valence-electron chi connectivity index (χ3n) is 3.49. The number of carbonyl (C=O) groups excluding carboxylic acids is 1. The molecule has 6 nitrogen and oxygen atoms in total. The van der Waals surface area contributed by atoms with Crippen molar-refractivity contribution in [3.63, 3.8) is 0 Å². The molecule has 1 amide bonds. The van der Waals surface area contributed by atoms with Crippen LogP contribution in [-0.2, 0) is 4.79 Å². The minimum Gasteiger partial charge on any atom is -0.372 e. The van der Waals surface area contributed by atoms with Crippen LogP contribution >= 0.6 is 24.0 Å². The molecule has 0 aliphatic carbocycles. The van der Waals surface area contributed by atoms with E-state index in [9.17, 15) is 4.79 Å². The second kappa shape index (κ2) is 14.8. The van der Waals surface area contributed by atoms with Crippen LogP contribution in [0.5, 0.6) is 0 Å². The lowest BCUT2D eigenvalue weighted by atomic mass is 10.2. The van der Waals surface area contributed by atoms with Crippen LogP contribution in [0.2, 0.25) is 0 Å². The average Bonchev–Trinajstić information content (AvgIpc) is 2.59. The summed E-state index contributed by atoms with van der Waals surface area (Å²) >= 11 is 0. The van der Waals surface area contributed by atoms with E-state index in [1.165, 1.54) is 12.6 Å². The number of halogens is 1. The second-order valence-corrected chi connectivity index (χ2v) is 5.44. The van der Waals surface area contributed by atoms with Gasteiger partial charge in [-0.1, -0.05) is 18.2 Å². The predicted molar refractivity (Wildman–Crippen MR) is 117 cm³/mol. The predicted octanol–water partition coefficient (Wildman–Crippen LogP) is 2.21. The number of carbonyl (C=O) groups is 1. The summed E-state index contributed by atoms with van der Waals surface area (Å²) in [6.07, 6.45) is 0.991. The van der Waals surface area contributed by atoms with Gasteiger partial charge in [0, 0.05) is 51.9 Å². The van der Waals surface area contributed by atoms with Crippen LogP contribution in [0.4, 0.5) is 5.69 Å². The average molecular weight is 461 g/mol. The van der Waals surface area contributed by atoms with Gasteiger partial charge in [0.15, 0.2) is 5.96 Å². The van der Waals surface area contributed by atoms with Crippen LogP contribution in [-0.4, -0.2) is 51.1 Å². The van der Waals surface area contributed by atoms with E-state index in [2.05, 4.69) is 57.0 Å². The first-order chi connectivity index (χ1) is 11.7. The van der Waals surface area contributed by atoms with Crippen molar-refractivity contribution >= 4 is 41.5 Å². The van der Waals surface area contributed by atoms with Crippen molar-refractivity contribution in [2.75, 3.05) is 44.2 Å². The standard InChI is InChI=1S/C18H31N5O.HI/c1-4-19-18(22-14-13-20-16(3)24)21-12-9-15-23(5-2)17-10-7-6-8-11-17;/h6-8,10-11H,4-5,9,12-15H2,1-3H3,(H,20,24)(H2,19,21,22);1H. The van der Waals surface area contributed by atoms with Gasteiger partial charge in [-0.25, -0.2) is 0 Å². The SMILES string of the molecule is CCNC(=NCCCN(CC)c1ccccc1)NCCNC(C)=O.I. The van der Waals surface area contributed by atoms with Crippen LogP contribution in [0.25, 0.3) is 0 Å². The minimum absolute atomic E-state index is 0. The number of nitrogens with one attached hydrogen (secondary N) is 3. The molecule has 0 radical (unpaired) electrons. The zero-order valence-corrected chi connectivity index (χ0v) is 17.9. The maximum Gasteiger partial charge on any atom is 0.216 e. The Morgan fingerprint density at radius 2 is 1.76 bits per heavy atom. The maximum absolute atomic E-state index is 10.8. The largest absolute Gasteiger partial charge is 0.372 e. The Morgan fingerprint density at radius 3 is 2.36 bits per heavy atom. The number of hydrogen-bond acceptors (Lipinski definition) is 3. The molecule has 0 bridgehead atoms. The van der Waals surface area contributed by atoms with Gasteiger partial charge >= 0.3 is 0 Å². The zero-order valence-electron chi connectivity index (χ0n) is 15.5. The molecule has 25 heavy (non-hydrogen) atoms. The summed E-state index contributed by atoms with van der Waals surface area (Å²) in [4.78, 5) is 17.8. The summed E-state index contributed by atoms with van der Waals surface area (Å²) in [6, 6.07) is 10.5. The van der Waals surface area contributed by atoms with E-state index in [4.69, 9.17) is 0 Å². The van der Waals surface area contributed by atoms with Crippen LogP contribution < -0.4 is 20.9 Å². The van der Waals surface area contributed by atoms with Gasteiger partial charge in [-0.05, 0) is 32.4 Å². The Labute approximate surface area is 168 Å². The lowest BCUT2D eigenvalue weighted by molar-refractivity contribution is -0.118. The number of rotatable bonds is 10. The molecule has 7 heteroatoms. The van der Waals surface area contributed by atoms with Crippen molar-refractivity contribution in [1.29, 1.82) is 0 Å². The second-order valence-electron chi connectivity index (χ2n) is 5.44. The minimum atomic E-state index is -0.0145. The van der Waals surface area contributed by atoms with E-state index < -0.39 is 0 Å². The highest BCUT2D eigenvalue weighted by molar-refractivity contribution is 14.0. The molecular formula is C18H32IN5O. The summed E-state index contributed by atoms with van der Waals surface area (Å²) in [5.74, 6) is 0.782. The van der Waals surface area contributed by atoms with Crippen LogP contribution in [0, 0.1) is 0 Å². The van der Waals surface area contributed by atoms with Gasteiger partial charge in [-0.3, -0.25) is 9.79 Å². The fourth-order valence-electron chi connectivity index (χ4n) is 2.32. The number of para-hydroxylation sites is 1. The monoisotopic (exact) mass is 461 g/mol. The normalized spacial score (nSPS) is 10.6. The zero-order chi connectivity index (χ0) is 17.6. The molecule has 0 unspecified atom stereocenters.